The van der Waals surface area contributed by atoms with Crippen LogP contribution < -0.4 is 0 Å². The summed E-state index contributed by atoms with van der Waals surface area (Å²) in [6.07, 6.45) is 2.60. The maximum atomic E-state index is 9.39. The van der Waals surface area contributed by atoms with Crippen molar-refractivity contribution in [3.8, 4) is 0 Å². The normalized spacial score (nSPS) is 45.0. The first-order chi connectivity index (χ1) is 9.69. The second-order valence-electron chi connectivity index (χ2n) is 6.14. The van der Waals surface area contributed by atoms with E-state index < -0.39 is 11.6 Å². The third-order valence-corrected chi connectivity index (χ3v) is 5.71. The van der Waals surface area contributed by atoms with E-state index in [-0.39, 0.29) is 18.4 Å². The van der Waals surface area contributed by atoms with Crippen molar-refractivity contribution in [3.63, 3.8) is 0 Å². The standard InChI is InChI=1S/C15H26O5/c1-4-19-14-9-12-10(5-7-16)11(6-8-20-14)13(14)15(12,17-2)18-3/h10-13,16H,4-9H2,1-3H3/t10-,11-,12+,13+,14+/m1/s1. The van der Waals surface area contributed by atoms with Gasteiger partial charge in [0.25, 0.3) is 0 Å². The molecule has 2 aliphatic carbocycles. The van der Waals surface area contributed by atoms with Crippen LogP contribution in [0.5, 0.6) is 0 Å². The number of hydrogen-bond acceptors (Lipinski definition) is 5. The Morgan fingerprint density at radius 1 is 1.30 bits per heavy atom. The highest BCUT2D eigenvalue weighted by molar-refractivity contribution is 5.17. The summed E-state index contributed by atoms with van der Waals surface area (Å²) < 4.78 is 23.8. The number of aliphatic hydroxyl groups excluding tert-OH is 1. The summed E-state index contributed by atoms with van der Waals surface area (Å²) in [7, 11) is 3.43. The fourth-order valence-electron chi connectivity index (χ4n) is 5.27. The Balaban J connectivity index is 2.00. The molecular formula is C15H26O5. The molecule has 5 nitrogen and oxygen atoms in total. The van der Waals surface area contributed by atoms with E-state index in [4.69, 9.17) is 18.9 Å². The summed E-state index contributed by atoms with van der Waals surface area (Å²) in [5, 5.41) is 9.39. The molecule has 0 amide bonds. The average molecular weight is 286 g/mol. The van der Waals surface area contributed by atoms with E-state index in [0.717, 1.165) is 25.9 Å². The number of hydrogen-bond donors (Lipinski definition) is 1. The lowest BCUT2D eigenvalue weighted by molar-refractivity contribution is -0.329. The Morgan fingerprint density at radius 3 is 2.65 bits per heavy atom. The number of ether oxygens (including phenoxy) is 4. The molecule has 3 rings (SSSR count). The zero-order chi connectivity index (χ0) is 14.4. The number of aliphatic hydroxyl groups is 1. The smallest absolute Gasteiger partial charge is 0.179 e. The minimum Gasteiger partial charge on any atom is -0.396 e. The molecule has 5 atom stereocenters. The number of fused-ring (bicyclic) bond motifs is 1. The van der Waals surface area contributed by atoms with Crippen molar-refractivity contribution in [2.24, 2.45) is 23.7 Å². The molecule has 20 heavy (non-hydrogen) atoms. The SMILES string of the molecule is CCO[C@@]12C[C@H]3[C@H](CCO)[C@@H](CCO1)[C@@H]2C3(OC)OC. The van der Waals surface area contributed by atoms with Crippen molar-refractivity contribution >= 4 is 0 Å². The summed E-state index contributed by atoms with van der Waals surface area (Å²) in [5.41, 5.74) is 0. The molecule has 0 aromatic rings. The molecule has 1 N–H and O–H groups in total. The quantitative estimate of drug-likeness (QED) is 0.748. The van der Waals surface area contributed by atoms with E-state index in [9.17, 15) is 5.11 Å². The zero-order valence-electron chi connectivity index (χ0n) is 12.6. The third-order valence-electron chi connectivity index (χ3n) is 5.71. The Kier molecular flexibility index (Phi) is 3.84. The molecule has 1 saturated heterocycles. The van der Waals surface area contributed by atoms with Crippen LogP contribution in [0.15, 0.2) is 0 Å². The van der Waals surface area contributed by atoms with Crippen LogP contribution in [0.2, 0.25) is 0 Å². The van der Waals surface area contributed by atoms with Gasteiger partial charge in [0, 0.05) is 39.8 Å². The van der Waals surface area contributed by atoms with Gasteiger partial charge in [0.05, 0.1) is 12.5 Å². The fraction of sp³-hybridized carbons (Fsp3) is 1.00. The van der Waals surface area contributed by atoms with Gasteiger partial charge in [0.15, 0.2) is 11.6 Å². The molecule has 0 aromatic heterocycles. The summed E-state index contributed by atoms with van der Waals surface area (Å²) in [5.74, 6) is 0.0238. The largest absolute Gasteiger partial charge is 0.396 e. The van der Waals surface area contributed by atoms with Crippen LogP contribution in [-0.2, 0) is 18.9 Å². The van der Waals surface area contributed by atoms with Crippen LogP contribution in [-0.4, -0.2) is 50.7 Å². The van der Waals surface area contributed by atoms with Gasteiger partial charge >= 0.3 is 0 Å². The van der Waals surface area contributed by atoms with Gasteiger partial charge in [-0.3, -0.25) is 0 Å². The number of methoxy groups -OCH3 is 2. The molecule has 0 spiro atoms. The van der Waals surface area contributed by atoms with Gasteiger partial charge in [-0.25, -0.2) is 0 Å². The van der Waals surface area contributed by atoms with Gasteiger partial charge < -0.3 is 24.1 Å². The highest BCUT2D eigenvalue weighted by atomic mass is 16.7. The van der Waals surface area contributed by atoms with Gasteiger partial charge in [-0.1, -0.05) is 0 Å². The van der Waals surface area contributed by atoms with Crippen LogP contribution in [0, 0.1) is 23.7 Å². The predicted octanol–water partition coefficient (Wildman–Crippen LogP) is 1.39. The molecule has 2 saturated carbocycles. The van der Waals surface area contributed by atoms with Gasteiger partial charge in [0.1, 0.15) is 0 Å². The average Bonchev–Trinajstić information content (AvgIpc) is 2.88. The van der Waals surface area contributed by atoms with Crippen LogP contribution in [0.3, 0.4) is 0 Å². The molecule has 0 radical (unpaired) electrons. The molecule has 3 aliphatic rings. The summed E-state index contributed by atoms with van der Waals surface area (Å²) in [6.45, 7) is 3.57. The first-order valence-electron chi connectivity index (χ1n) is 7.68. The lowest BCUT2D eigenvalue weighted by Gasteiger charge is -2.47. The Morgan fingerprint density at radius 2 is 2.05 bits per heavy atom. The second-order valence-corrected chi connectivity index (χ2v) is 6.14. The third kappa shape index (κ3) is 1.67. The Labute approximate surface area is 120 Å². The van der Waals surface area contributed by atoms with E-state index in [1.54, 1.807) is 14.2 Å². The summed E-state index contributed by atoms with van der Waals surface area (Å²) in [4.78, 5) is 0. The highest BCUT2D eigenvalue weighted by Crippen LogP contribution is 2.68. The predicted molar refractivity (Wildman–Crippen MR) is 72.0 cm³/mol. The Hall–Kier alpha value is -0.200. The minimum atomic E-state index is -0.625. The minimum absolute atomic E-state index is 0.0975. The lowest BCUT2D eigenvalue weighted by atomic mass is 9.72. The monoisotopic (exact) mass is 286 g/mol. The van der Waals surface area contributed by atoms with E-state index in [2.05, 4.69) is 0 Å². The van der Waals surface area contributed by atoms with Crippen molar-refractivity contribution in [2.75, 3.05) is 34.0 Å². The van der Waals surface area contributed by atoms with Crippen LogP contribution in [0.4, 0.5) is 0 Å². The Bertz CT molecular complexity index is 352. The molecule has 2 bridgehead atoms. The van der Waals surface area contributed by atoms with Crippen LogP contribution in [0.1, 0.15) is 26.2 Å². The maximum absolute atomic E-state index is 9.39. The summed E-state index contributed by atoms with van der Waals surface area (Å²) >= 11 is 0. The lowest BCUT2D eigenvalue weighted by Crippen LogP contribution is -2.54. The van der Waals surface area contributed by atoms with E-state index in [1.165, 1.54) is 0 Å². The van der Waals surface area contributed by atoms with Crippen molar-refractivity contribution < 1.29 is 24.1 Å². The molecule has 0 unspecified atom stereocenters. The number of rotatable bonds is 6. The van der Waals surface area contributed by atoms with Crippen molar-refractivity contribution in [1.29, 1.82) is 0 Å². The van der Waals surface area contributed by atoms with Crippen molar-refractivity contribution in [2.45, 2.75) is 37.8 Å². The molecule has 3 fully saturated rings. The molecule has 1 aliphatic heterocycles. The van der Waals surface area contributed by atoms with Crippen molar-refractivity contribution in [3.05, 3.63) is 0 Å². The highest BCUT2D eigenvalue weighted by Gasteiger charge is 2.76. The maximum Gasteiger partial charge on any atom is 0.179 e. The first-order valence-corrected chi connectivity index (χ1v) is 7.68. The van der Waals surface area contributed by atoms with Crippen LogP contribution in [0.25, 0.3) is 0 Å². The molecule has 0 aromatic carbocycles. The fourth-order valence-corrected chi connectivity index (χ4v) is 5.27. The molecule has 116 valence electrons. The van der Waals surface area contributed by atoms with Crippen LogP contribution >= 0.6 is 0 Å². The molecule has 5 heteroatoms. The first kappa shape index (κ1) is 14.7. The van der Waals surface area contributed by atoms with Gasteiger partial charge in [-0.2, -0.15) is 0 Å². The topological polar surface area (TPSA) is 57.2 Å². The van der Waals surface area contributed by atoms with Gasteiger partial charge in [-0.15, -0.1) is 0 Å². The van der Waals surface area contributed by atoms with E-state index in [0.29, 0.717) is 18.4 Å². The van der Waals surface area contributed by atoms with Crippen molar-refractivity contribution in [1.82, 2.24) is 0 Å². The summed E-state index contributed by atoms with van der Waals surface area (Å²) in [6, 6.07) is 0. The van der Waals surface area contributed by atoms with E-state index in [1.807, 2.05) is 6.92 Å². The van der Waals surface area contributed by atoms with Gasteiger partial charge in [0.2, 0.25) is 0 Å². The zero-order valence-corrected chi connectivity index (χ0v) is 12.6. The van der Waals surface area contributed by atoms with Gasteiger partial charge in [-0.05, 0) is 31.6 Å². The van der Waals surface area contributed by atoms with E-state index >= 15 is 0 Å². The molecule has 1 heterocycles. The second kappa shape index (κ2) is 5.21. The molecular weight excluding hydrogens is 260 g/mol.